The third-order valence-electron chi connectivity index (χ3n) is 0. The van der Waals surface area contributed by atoms with Crippen LogP contribution in [0.2, 0.25) is 0 Å². The Morgan fingerprint density at radius 1 is 1.10 bits per heavy atom. The molecule has 0 heterocycles. The first-order chi connectivity index (χ1) is 3.41. The van der Waals surface area contributed by atoms with Crippen LogP contribution in [-0.4, -0.2) is 17.5 Å². The van der Waals surface area contributed by atoms with Gasteiger partial charge in [0.1, 0.15) is 0 Å². The fraction of sp³-hybridized carbons (Fsp3) is 0. The molecule has 0 aliphatic carbocycles. The SMILES string of the molecule is FOF.O=S(=O)([O-])[O-].[Cs+].[Cs+]. The van der Waals surface area contributed by atoms with Gasteiger partial charge in [-0.2, -0.15) is 0 Å². The minimum atomic E-state index is -5.17. The van der Waals surface area contributed by atoms with E-state index in [-0.39, 0.29) is 138 Å². The Hall–Kier alpha value is 3.79. The number of hydrogen-bond acceptors (Lipinski definition) is 5. The van der Waals surface area contributed by atoms with Crippen LogP contribution in [0.1, 0.15) is 0 Å². The molecule has 0 saturated carbocycles. The van der Waals surface area contributed by atoms with E-state index in [9.17, 15) is 0 Å². The summed E-state index contributed by atoms with van der Waals surface area (Å²) in [4.78, 5) is 0. The van der Waals surface area contributed by atoms with Crippen LogP contribution < -0.4 is 138 Å². The number of rotatable bonds is 0. The molecule has 0 aromatic rings. The first kappa shape index (κ1) is 23.5. The Morgan fingerprint density at radius 3 is 1.10 bits per heavy atom. The molecule has 0 aromatic heterocycles. The molecule has 0 aliphatic rings. The summed E-state index contributed by atoms with van der Waals surface area (Å²) in [6.07, 6.45) is 0. The van der Waals surface area contributed by atoms with E-state index >= 15 is 0 Å². The van der Waals surface area contributed by atoms with E-state index in [1.807, 2.05) is 0 Å². The van der Waals surface area contributed by atoms with E-state index in [0.29, 0.717) is 0 Å². The molecule has 0 rings (SSSR count). The van der Waals surface area contributed by atoms with Gasteiger partial charge in [0, 0.05) is 15.5 Å². The van der Waals surface area contributed by atoms with Gasteiger partial charge in [-0.3, -0.25) is 8.42 Å². The minimum absolute atomic E-state index is 0. The van der Waals surface area contributed by atoms with Crippen LogP contribution in [0, 0.1) is 0 Å². The smallest absolute Gasteiger partial charge is 0.759 e. The zero-order chi connectivity index (χ0) is 7.21. The molecule has 52 valence electrons. The van der Waals surface area contributed by atoms with Crippen molar-refractivity contribution in [2.45, 2.75) is 0 Å². The molecular weight excluding hydrogens is 416 g/mol. The number of halogens is 2. The second-order valence-corrected chi connectivity index (χ2v) is 1.28. The van der Waals surface area contributed by atoms with Gasteiger partial charge < -0.3 is 9.11 Å². The van der Waals surface area contributed by atoms with Gasteiger partial charge in [0.2, 0.25) is 0 Å². The molecule has 0 N–H and O–H groups in total. The normalized spacial score (nSPS) is 7.60. The maximum Gasteiger partial charge on any atom is 1.00 e. The van der Waals surface area contributed by atoms with Gasteiger partial charge in [0.25, 0.3) is 0 Å². The molecule has 0 bridgehead atoms. The summed E-state index contributed by atoms with van der Waals surface area (Å²) in [7, 11) is -5.17. The van der Waals surface area contributed by atoms with Gasteiger partial charge in [-0.05, 0) is 9.05 Å². The second-order valence-electron chi connectivity index (χ2n) is 0.467. The molecule has 0 unspecified atom stereocenters. The average molecular weight is 416 g/mol. The number of hydrogen-bond donors (Lipinski definition) is 0. The molecule has 10 heavy (non-hydrogen) atoms. The van der Waals surface area contributed by atoms with E-state index in [4.69, 9.17) is 26.6 Å². The van der Waals surface area contributed by atoms with Crippen LogP contribution in [0.3, 0.4) is 0 Å². The summed E-state index contributed by atoms with van der Waals surface area (Å²) in [6.45, 7) is 0. The van der Waals surface area contributed by atoms with Crippen molar-refractivity contribution in [1.29, 1.82) is 0 Å². The fourth-order valence-electron chi connectivity index (χ4n) is 0. The molecule has 0 spiro atoms. The van der Waals surface area contributed by atoms with Crippen molar-refractivity contribution in [3.05, 3.63) is 0 Å². The summed E-state index contributed by atoms with van der Waals surface area (Å²) in [6, 6.07) is 0. The summed E-state index contributed by atoms with van der Waals surface area (Å²) in [5.41, 5.74) is 0. The largest absolute Gasteiger partial charge is 1.00 e. The monoisotopic (exact) mass is 416 g/mol. The summed E-state index contributed by atoms with van der Waals surface area (Å²) >= 11 is 0. The molecule has 0 aliphatic heterocycles. The molecule has 0 saturated heterocycles. The van der Waals surface area contributed by atoms with E-state index in [0.717, 1.165) is 0 Å². The van der Waals surface area contributed by atoms with Crippen molar-refractivity contribution in [1.82, 2.24) is 0 Å². The van der Waals surface area contributed by atoms with E-state index in [2.05, 4.69) is 0 Å². The Bertz CT molecular complexity index is 112. The Labute approximate surface area is 174 Å². The quantitative estimate of drug-likeness (QED) is 0.290. The Kier molecular flexibility index (Phi) is 36.0. The van der Waals surface area contributed by atoms with Gasteiger partial charge in [-0.15, -0.1) is 0 Å². The predicted octanol–water partition coefficient (Wildman–Crippen LogP) is -6.56. The first-order valence-electron chi connectivity index (χ1n) is 0.975. The van der Waals surface area contributed by atoms with Gasteiger partial charge in [-0.25, -0.2) is 0 Å². The van der Waals surface area contributed by atoms with Crippen molar-refractivity contribution < 1.29 is 170 Å². The third kappa shape index (κ3) is 95.5. The first-order valence-corrected chi connectivity index (χ1v) is 2.31. The van der Waals surface area contributed by atoms with Crippen molar-refractivity contribution in [3.63, 3.8) is 0 Å². The van der Waals surface area contributed by atoms with Gasteiger partial charge in [0.05, 0.1) is 0 Å². The topological polar surface area (TPSA) is 89.5 Å². The molecule has 0 radical (unpaired) electrons. The molecule has 5 nitrogen and oxygen atoms in total. The van der Waals surface area contributed by atoms with Crippen LogP contribution >= 0.6 is 0 Å². The van der Waals surface area contributed by atoms with Crippen LogP contribution in [0.25, 0.3) is 0 Å². The maximum absolute atomic E-state index is 9.12. The average Bonchev–Trinajstić information content (AvgIpc) is 1.27. The van der Waals surface area contributed by atoms with Crippen molar-refractivity contribution in [2.75, 3.05) is 0 Å². The predicted molar refractivity (Wildman–Crippen MR) is 13.8 cm³/mol. The molecule has 0 aromatic carbocycles. The summed E-state index contributed by atoms with van der Waals surface area (Å²) < 4.78 is 52.3. The van der Waals surface area contributed by atoms with E-state index in [1.54, 1.807) is 0 Å². The minimum Gasteiger partial charge on any atom is -0.759 e. The van der Waals surface area contributed by atoms with Crippen LogP contribution in [0.5, 0.6) is 0 Å². The molecule has 0 amide bonds. The van der Waals surface area contributed by atoms with E-state index < -0.39 is 10.4 Å². The zero-order valence-electron chi connectivity index (χ0n) is 5.21. The summed E-state index contributed by atoms with van der Waals surface area (Å²) in [5.74, 6) is 0. The fourth-order valence-corrected chi connectivity index (χ4v) is 0. The third-order valence-corrected chi connectivity index (χ3v) is 0. The molecule has 0 atom stereocenters. The van der Waals surface area contributed by atoms with Gasteiger partial charge in [-0.1, -0.05) is 0 Å². The van der Waals surface area contributed by atoms with Crippen LogP contribution in [-0.2, 0) is 15.5 Å². The van der Waals surface area contributed by atoms with Gasteiger partial charge >= 0.3 is 138 Å². The van der Waals surface area contributed by atoms with Gasteiger partial charge in [0.15, 0.2) is 0 Å². The molecular formula is Cs2F2O5S. The van der Waals surface area contributed by atoms with Crippen LogP contribution in [0.15, 0.2) is 0 Å². The van der Waals surface area contributed by atoms with Crippen molar-refractivity contribution in [3.8, 4) is 0 Å². The summed E-state index contributed by atoms with van der Waals surface area (Å²) in [5, 5.41) is 1.25. The maximum atomic E-state index is 9.12. The standard InChI is InChI=1S/2Cs.F2O.H2O4S/c;;1-3-2;1-5(2,3)4/h;;;(H2,1,2,3,4)/q2*+1;;/p-2. The molecule has 10 heteroatoms. The van der Waals surface area contributed by atoms with E-state index in [1.165, 1.54) is 5.15 Å². The second kappa shape index (κ2) is 15.3. The zero-order valence-corrected chi connectivity index (χ0v) is 18.6. The molecule has 0 fully saturated rings. The Morgan fingerprint density at radius 2 is 1.10 bits per heavy atom. The Balaban J connectivity index is -0.0000000326. The van der Waals surface area contributed by atoms with Crippen molar-refractivity contribution >= 4 is 10.4 Å². The van der Waals surface area contributed by atoms with Crippen LogP contribution in [0.4, 0.5) is 9.05 Å². The van der Waals surface area contributed by atoms with Crippen molar-refractivity contribution in [2.24, 2.45) is 0 Å².